The number of para-hydroxylation sites is 1. The van der Waals surface area contributed by atoms with E-state index in [1.807, 2.05) is 6.07 Å². The van der Waals surface area contributed by atoms with Crippen molar-refractivity contribution < 1.29 is 22.7 Å². The van der Waals surface area contributed by atoms with Crippen LogP contribution in [0.2, 0.25) is 0 Å². The number of hydrogen-bond acceptors (Lipinski definition) is 3. The summed E-state index contributed by atoms with van der Waals surface area (Å²) in [5, 5.41) is 3.77. The number of aromatic nitrogens is 2. The summed E-state index contributed by atoms with van der Waals surface area (Å²) < 4.78 is 46.8. The number of fused-ring (bicyclic) bond motifs is 1. The van der Waals surface area contributed by atoms with Gasteiger partial charge in [0.15, 0.2) is 5.69 Å². The average molecular weight is 387 g/mol. The molecule has 0 aliphatic carbocycles. The average Bonchev–Trinajstić information content (AvgIpc) is 3.10. The van der Waals surface area contributed by atoms with Gasteiger partial charge in [0.05, 0.1) is 12.8 Å². The van der Waals surface area contributed by atoms with Gasteiger partial charge in [0.25, 0.3) is 5.91 Å². The summed E-state index contributed by atoms with van der Waals surface area (Å²) in [7, 11) is 1.49. The minimum Gasteiger partial charge on any atom is -0.497 e. The molecule has 0 N–H and O–H groups in total. The lowest BCUT2D eigenvalue weighted by molar-refractivity contribution is -0.141. The van der Waals surface area contributed by atoms with Crippen molar-refractivity contribution in [2.45, 2.75) is 12.6 Å². The smallest absolute Gasteiger partial charge is 0.435 e. The Hall–Kier alpha value is -3.29. The van der Waals surface area contributed by atoms with Crippen LogP contribution in [0, 0.1) is 0 Å². The van der Waals surface area contributed by atoms with Gasteiger partial charge in [0.1, 0.15) is 11.4 Å². The fourth-order valence-electron chi connectivity index (χ4n) is 3.35. The van der Waals surface area contributed by atoms with Crippen LogP contribution in [0.25, 0.3) is 5.69 Å². The zero-order valence-electron chi connectivity index (χ0n) is 14.9. The highest BCUT2D eigenvalue weighted by Crippen LogP contribution is 2.37. The van der Waals surface area contributed by atoms with E-state index < -0.39 is 17.8 Å². The van der Waals surface area contributed by atoms with Crippen molar-refractivity contribution in [1.82, 2.24) is 9.78 Å². The Bertz CT molecular complexity index is 1010. The van der Waals surface area contributed by atoms with Gasteiger partial charge < -0.3 is 9.64 Å². The molecule has 1 aliphatic heterocycles. The van der Waals surface area contributed by atoms with Crippen molar-refractivity contribution in [2.24, 2.45) is 0 Å². The number of halogens is 3. The van der Waals surface area contributed by atoms with Crippen molar-refractivity contribution in [3.05, 3.63) is 71.5 Å². The summed E-state index contributed by atoms with van der Waals surface area (Å²) in [6.45, 7) is 0.160. The molecule has 5 nitrogen and oxygen atoms in total. The second-order valence-electron chi connectivity index (χ2n) is 6.33. The number of nitrogens with zero attached hydrogens (tertiary/aromatic N) is 3. The number of hydrogen-bond donors (Lipinski definition) is 0. The minimum absolute atomic E-state index is 0.0624. The lowest BCUT2D eigenvalue weighted by Gasteiger charge is -2.28. The van der Waals surface area contributed by atoms with Gasteiger partial charge in [-0.25, -0.2) is 4.68 Å². The second-order valence-corrected chi connectivity index (χ2v) is 6.33. The quantitative estimate of drug-likeness (QED) is 0.680. The Kier molecular flexibility index (Phi) is 4.33. The number of methoxy groups -OCH3 is 1. The standard InChI is InChI=1S/C20H16F3N3O2/c1-28-15-9-7-14(8-10-15)26-17-16(18(24-26)20(21,22)23)11-12-25(19(17)27)13-5-3-2-4-6-13/h2-10H,11-12H2,1H3. The van der Waals surface area contributed by atoms with Crippen LogP contribution in [-0.2, 0) is 12.6 Å². The van der Waals surface area contributed by atoms with E-state index >= 15 is 0 Å². The molecule has 2 aromatic carbocycles. The van der Waals surface area contributed by atoms with Crippen LogP contribution in [0.15, 0.2) is 54.6 Å². The maximum atomic E-state index is 13.6. The largest absolute Gasteiger partial charge is 0.497 e. The molecule has 1 amide bonds. The topological polar surface area (TPSA) is 47.4 Å². The van der Waals surface area contributed by atoms with Crippen LogP contribution in [0.3, 0.4) is 0 Å². The maximum absolute atomic E-state index is 13.6. The number of anilines is 1. The number of alkyl halides is 3. The van der Waals surface area contributed by atoms with E-state index in [1.165, 1.54) is 12.0 Å². The number of carbonyl (C=O) groups is 1. The lowest BCUT2D eigenvalue weighted by Crippen LogP contribution is -2.39. The third kappa shape index (κ3) is 3.00. The number of rotatable bonds is 3. The Labute approximate surface area is 159 Å². The van der Waals surface area contributed by atoms with Gasteiger partial charge in [0, 0.05) is 17.8 Å². The van der Waals surface area contributed by atoms with E-state index in [2.05, 4.69) is 5.10 Å². The fourth-order valence-corrected chi connectivity index (χ4v) is 3.35. The van der Waals surface area contributed by atoms with Gasteiger partial charge in [-0.15, -0.1) is 0 Å². The highest BCUT2D eigenvalue weighted by Gasteiger charge is 2.43. The van der Waals surface area contributed by atoms with E-state index in [4.69, 9.17) is 4.74 Å². The lowest BCUT2D eigenvalue weighted by atomic mass is 10.0. The van der Waals surface area contributed by atoms with Crippen LogP contribution >= 0.6 is 0 Å². The molecule has 1 aliphatic rings. The monoisotopic (exact) mass is 387 g/mol. The molecule has 0 unspecified atom stereocenters. The summed E-state index contributed by atoms with van der Waals surface area (Å²) in [4.78, 5) is 14.6. The van der Waals surface area contributed by atoms with E-state index in [0.717, 1.165) is 4.68 Å². The summed E-state index contributed by atoms with van der Waals surface area (Å²) in [5.41, 5.74) is -0.155. The Morgan fingerprint density at radius 2 is 1.68 bits per heavy atom. The molecule has 0 fully saturated rings. The molecular formula is C20H16F3N3O2. The van der Waals surface area contributed by atoms with Crippen LogP contribution < -0.4 is 9.64 Å². The SMILES string of the molecule is COc1ccc(-n2nc(C(F)(F)F)c3c2C(=O)N(c2ccccc2)CC3)cc1. The summed E-state index contributed by atoms with van der Waals surface area (Å²) in [6.07, 6.45) is -4.57. The van der Waals surface area contributed by atoms with E-state index in [9.17, 15) is 18.0 Å². The number of amides is 1. The van der Waals surface area contributed by atoms with Crippen LogP contribution in [0.5, 0.6) is 5.75 Å². The predicted molar refractivity (Wildman–Crippen MR) is 96.9 cm³/mol. The van der Waals surface area contributed by atoms with E-state index in [0.29, 0.717) is 17.1 Å². The summed E-state index contributed by atoms with van der Waals surface area (Å²) in [6, 6.07) is 15.2. The molecule has 8 heteroatoms. The number of benzene rings is 2. The first-order chi connectivity index (χ1) is 13.4. The first-order valence-electron chi connectivity index (χ1n) is 8.60. The normalized spacial score (nSPS) is 14.1. The zero-order valence-corrected chi connectivity index (χ0v) is 14.9. The van der Waals surface area contributed by atoms with Gasteiger partial charge in [-0.1, -0.05) is 18.2 Å². The fraction of sp³-hybridized carbons (Fsp3) is 0.200. The summed E-state index contributed by atoms with van der Waals surface area (Å²) >= 11 is 0. The molecular weight excluding hydrogens is 371 g/mol. The molecule has 0 saturated heterocycles. The number of carbonyl (C=O) groups excluding carboxylic acids is 1. The van der Waals surface area contributed by atoms with Gasteiger partial charge >= 0.3 is 6.18 Å². The predicted octanol–water partition coefficient (Wildman–Crippen LogP) is 4.10. The van der Waals surface area contributed by atoms with E-state index in [-0.39, 0.29) is 24.2 Å². The van der Waals surface area contributed by atoms with Crippen molar-refractivity contribution in [1.29, 1.82) is 0 Å². The van der Waals surface area contributed by atoms with Gasteiger partial charge in [-0.05, 0) is 42.8 Å². The molecule has 1 aromatic heterocycles. The molecule has 0 bridgehead atoms. The molecule has 2 heterocycles. The first-order valence-corrected chi connectivity index (χ1v) is 8.60. The Balaban J connectivity index is 1.86. The molecule has 0 saturated carbocycles. The van der Waals surface area contributed by atoms with Crippen molar-refractivity contribution >= 4 is 11.6 Å². The molecule has 0 spiro atoms. The highest BCUT2D eigenvalue weighted by atomic mass is 19.4. The van der Waals surface area contributed by atoms with Crippen LogP contribution in [0.4, 0.5) is 18.9 Å². The zero-order chi connectivity index (χ0) is 19.9. The third-order valence-electron chi connectivity index (χ3n) is 4.67. The molecule has 4 rings (SSSR count). The molecule has 28 heavy (non-hydrogen) atoms. The van der Waals surface area contributed by atoms with Crippen molar-refractivity contribution in [2.75, 3.05) is 18.6 Å². The van der Waals surface area contributed by atoms with Gasteiger partial charge in [0.2, 0.25) is 0 Å². The molecule has 144 valence electrons. The third-order valence-corrected chi connectivity index (χ3v) is 4.67. The number of ether oxygens (including phenoxy) is 1. The first kappa shape index (κ1) is 18.1. The second kappa shape index (κ2) is 6.70. The van der Waals surface area contributed by atoms with Crippen LogP contribution in [0.1, 0.15) is 21.7 Å². The summed E-state index contributed by atoms with van der Waals surface area (Å²) in [5.74, 6) is 0.0457. The molecule has 0 atom stereocenters. The minimum atomic E-state index is -4.64. The van der Waals surface area contributed by atoms with Gasteiger partial charge in [-0.3, -0.25) is 4.79 Å². The van der Waals surface area contributed by atoms with Crippen LogP contribution in [-0.4, -0.2) is 29.3 Å². The van der Waals surface area contributed by atoms with Crippen molar-refractivity contribution in [3.63, 3.8) is 0 Å². The molecule has 0 radical (unpaired) electrons. The molecule has 3 aromatic rings. The van der Waals surface area contributed by atoms with Gasteiger partial charge in [-0.2, -0.15) is 18.3 Å². The highest BCUT2D eigenvalue weighted by molar-refractivity contribution is 6.07. The Morgan fingerprint density at radius 3 is 2.29 bits per heavy atom. The van der Waals surface area contributed by atoms with Crippen molar-refractivity contribution in [3.8, 4) is 11.4 Å². The Morgan fingerprint density at radius 1 is 1.00 bits per heavy atom. The van der Waals surface area contributed by atoms with E-state index in [1.54, 1.807) is 48.5 Å². The maximum Gasteiger partial charge on any atom is 0.435 e.